The molecule has 6 nitrogen and oxygen atoms in total. The summed E-state index contributed by atoms with van der Waals surface area (Å²) in [4.78, 5) is 11.9. The van der Waals surface area contributed by atoms with Crippen molar-refractivity contribution in [3.05, 3.63) is 59.7 Å². The molecule has 0 aromatic heterocycles. The number of hydrogen-bond donors (Lipinski definition) is 2. The minimum atomic E-state index is -3.67. The van der Waals surface area contributed by atoms with Crippen molar-refractivity contribution in [3.63, 3.8) is 0 Å². The van der Waals surface area contributed by atoms with Crippen LogP contribution in [0.4, 0.5) is 5.69 Å². The van der Waals surface area contributed by atoms with E-state index in [-0.39, 0.29) is 23.3 Å². The van der Waals surface area contributed by atoms with Crippen molar-refractivity contribution in [2.24, 2.45) is 5.92 Å². The number of anilines is 1. The van der Waals surface area contributed by atoms with Gasteiger partial charge in [0, 0.05) is 18.2 Å². The fraction of sp³-hybridized carbons (Fsp3) is 0.222. The van der Waals surface area contributed by atoms with Gasteiger partial charge in [0.05, 0.1) is 16.5 Å². The molecule has 0 heterocycles. The van der Waals surface area contributed by atoms with Crippen LogP contribution in [0.25, 0.3) is 0 Å². The Morgan fingerprint density at radius 1 is 1.16 bits per heavy atom. The zero-order valence-corrected chi connectivity index (χ0v) is 14.2. The second-order valence-electron chi connectivity index (χ2n) is 5.92. The van der Waals surface area contributed by atoms with Gasteiger partial charge in [0.1, 0.15) is 0 Å². The summed E-state index contributed by atoms with van der Waals surface area (Å²) in [5.74, 6) is 0.119. The lowest BCUT2D eigenvalue weighted by Crippen LogP contribution is -2.23. The maximum absolute atomic E-state index is 12.3. The third-order valence-corrected chi connectivity index (χ3v) is 5.32. The third kappa shape index (κ3) is 4.44. The molecule has 3 rings (SSSR count). The molecule has 2 N–H and O–H groups in total. The van der Waals surface area contributed by atoms with Crippen LogP contribution in [0.15, 0.2) is 53.4 Å². The van der Waals surface area contributed by atoms with Crippen molar-refractivity contribution in [1.29, 1.82) is 5.26 Å². The van der Waals surface area contributed by atoms with Crippen molar-refractivity contribution >= 4 is 21.6 Å². The van der Waals surface area contributed by atoms with Gasteiger partial charge in [0.15, 0.2) is 0 Å². The minimum Gasteiger partial charge on any atom is -0.326 e. The van der Waals surface area contributed by atoms with Gasteiger partial charge in [0.2, 0.25) is 15.9 Å². The standard InChI is InChI=1S/C18H17N3O3S/c19-11-13-4-8-17(9-5-13)25(23,24)20-12-14-2-1-3-16(10-14)21-18(22)15-6-7-15/h1-5,8-10,15,20H,6-7,12H2,(H,21,22). The number of nitrogens with one attached hydrogen (secondary N) is 2. The van der Waals surface area contributed by atoms with E-state index in [2.05, 4.69) is 10.0 Å². The van der Waals surface area contributed by atoms with E-state index in [1.54, 1.807) is 24.3 Å². The van der Waals surface area contributed by atoms with E-state index in [0.29, 0.717) is 11.3 Å². The molecular weight excluding hydrogens is 338 g/mol. The van der Waals surface area contributed by atoms with Crippen LogP contribution in [0.1, 0.15) is 24.0 Å². The Hall–Kier alpha value is -2.69. The molecule has 0 atom stereocenters. The SMILES string of the molecule is N#Cc1ccc(S(=O)(=O)NCc2cccc(NC(=O)C3CC3)c2)cc1. The first-order valence-corrected chi connectivity index (χ1v) is 9.36. The topological polar surface area (TPSA) is 99.1 Å². The van der Waals surface area contributed by atoms with Crippen LogP contribution in [0, 0.1) is 17.2 Å². The second kappa shape index (κ2) is 7.05. The first kappa shape index (κ1) is 17.1. The van der Waals surface area contributed by atoms with E-state index < -0.39 is 10.0 Å². The van der Waals surface area contributed by atoms with Crippen LogP contribution >= 0.6 is 0 Å². The van der Waals surface area contributed by atoms with Gasteiger partial charge in [0.25, 0.3) is 0 Å². The normalized spacial score (nSPS) is 13.9. The molecule has 2 aromatic carbocycles. The summed E-state index contributed by atoms with van der Waals surface area (Å²) in [6.45, 7) is 0.107. The lowest BCUT2D eigenvalue weighted by atomic mass is 10.2. The van der Waals surface area contributed by atoms with Crippen LogP contribution in [0.3, 0.4) is 0 Å². The fourth-order valence-corrected chi connectivity index (χ4v) is 3.34. The Morgan fingerprint density at radius 2 is 1.88 bits per heavy atom. The van der Waals surface area contributed by atoms with Crippen LogP contribution in [-0.2, 0) is 21.4 Å². The van der Waals surface area contributed by atoms with Gasteiger partial charge in [-0.3, -0.25) is 4.79 Å². The highest BCUT2D eigenvalue weighted by molar-refractivity contribution is 7.89. The van der Waals surface area contributed by atoms with Gasteiger partial charge < -0.3 is 5.32 Å². The summed E-state index contributed by atoms with van der Waals surface area (Å²) in [6.07, 6.45) is 1.85. The predicted molar refractivity (Wildman–Crippen MR) is 93.0 cm³/mol. The molecule has 0 radical (unpaired) electrons. The monoisotopic (exact) mass is 355 g/mol. The number of benzene rings is 2. The highest BCUT2D eigenvalue weighted by Crippen LogP contribution is 2.30. The predicted octanol–water partition coefficient (Wildman–Crippen LogP) is 2.39. The van der Waals surface area contributed by atoms with Crippen molar-refractivity contribution in [2.45, 2.75) is 24.3 Å². The summed E-state index contributed by atoms with van der Waals surface area (Å²) >= 11 is 0. The highest BCUT2D eigenvalue weighted by atomic mass is 32.2. The summed E-state index contributed by atoms with van der Waals surface area (Å²) in [5, 5.41) is 11.6. The summed E-state index contributed by atoms with van der Waals surface area (Å²) < 4.78 is 27.1. The van der Waals surface area contributed by atoms with Crippen LogP contribution in [0.5, 0.6) is 0 Å². The molecule has 0 unspecified atom stereocenters. The largest absolute Gasteiger partial charge is 0.326 e. The molecule has 0 saturated heterocycles. The molecule has 128 valence electrons. The molecule has 0 aliphatic heterocycles. The van der Waals surface area contributed by atoms with E-state index in [9.17, 15) is 13.2 Å². The number of nitriles is 1. The molecule has 7 heteroatoms. The molecule has 1 amide bonds. The van der Waals surface area contributed by atoms with E-state index >= 15 is 0 Å². The van der Waals surface area contributed by atoms with E-state index in [1.807, 2.05) is 6.07 Å². The van der Waals surface area contributed by atoms with E-state index in [4.69, 9.17) is 5.26 Å². The number of carbonyl (C=O) groups excluding carboxylic acids is 1. The van der Waals surface area contributed by atoms with Gasteiger partial charge in [-0.25, -0.2) is 13.1 Å². The van der Waals surface area contributed by atoms with Crippen molar-refractivity contribution in [1.82, 2.24) is 4.72 Å². The molecule has 0 spiro atoms. The Kier molecular flexibility index (Phi) is 4.83. The van der Waals surface area contributed by atoms with Crippen LogP contribution in [0.2, 0.25) is 0 Å². The summed E-state index contributed by atoms with van der Waals surface area (Å²) in [7, 11) is -3.67. The number of amides is 1. The lowest BCUT2D eigenvalue weighted by molar-refractivity contribution is -0.117. The van der Waals surface area contributed by atoms with E-state index in [0.717, 1.165) is 18.4 Å². The molecule has 0 bridgehead atoms. The Labute approximate surface area is 146 Å². The van der Waals surface area contributed by atoms with Crippen LogP contribution < -0.4 is 10.0 Å². The van der Waals surface area contributed by atoms with Crippen molar-refractivity contribution in [2.75, 3.05) is 5.32 Å². The van der Waals surface area contributed by atoms with E-state index in [1.165, 1.54) is 24.3 Å². The number of rotatable bonds is 6. The number of hydrogen-bond acceptors (Lipinski definition) is 4. The van der Waals surface area contributed by atoms with Gasteiger partial charge in [-0.1, -0.05) is 12.1 Å². The Balaban J connectivity index is 1.65. The van der Waals surface area contributed by atoms with Gasteiger partial charge in [-0.2, -0.15) is 5.26 Å². The minimum absolute atomic E-state index is 0.00955. The average Bonchev–Trinajstić information content (AvgIpc) is 3.46. The average molecular weight is 355 g/mol. The van der Waals surface area contributed by atoms with Gasteiger partial charge in [-0.15, -0.1) is 0 Å². The second-order valence-corrected chi connectivity index (χ2v) is 7.69. The molecule has 1 aliphatic carbocycles. The molecule has 1 aliphatic rings. The fourth-order valence-electron chi connectivity index (χ4n) is 2.32. The highest BCUT2D eigenvalue weighted by Gasteiger charge is 2.29. The quantitative estimate of drug-likeness (QED) is 0.831. The Morgan fingerprint density at radius 3 is 2.52 bits per heavy atom. The third-order valence-electron chi connectivity index (χ3n) is 3.90. The molecule has 1 saturated carbocycles. The maximum Gasteiger partial charge on any atom is 0.240 e. The van der Waals surface area contributed by atoms with Crippen molar-refractivity contribution < 1.29 is 13.2 Å². The zero-order valence-electron chi connectivity index (χ0n) is 13.4. The molecule has 1 fully saturated rings. The smallest absolute Gasteiger partial charge is 0.240 e. The van der Waals surface area contributed by atoms with Crippen LogP contribution in [-0.4, -0.2) is 14.3 Å². The number of nitrogens with zero attached hydrogens (tertiary/aromatic N) is 1. The summed E-state index contributed by atoms with van der Waals surface area (Å²) in [6, 6.07) is 14.7. The van der Waals surface area contributed by atoms with Gasteiger partial charge in [-0.05, 0) is 54.8 Å². The number of carbonyl (C=O) groups is 1. The molecule has 25 heavy (non-hydrogen) atoms. The first-order valence-electron chi connectivity index (χ1n) is 7.87. The van der Waals surface area contributed by atoms with Crippen molar-refractivity contribution in [3.8, 4) is 6.07 Å². The number of sulfonamides is 1. The Bertz CT molecular complexity index is 927. The van der Waals surface area contributed by atoms with Gasteiger partial charge >= 0.3 is 0 Å². The lowest BCUT2D eigenvalue weighted by Gasteiger charge is -2.09. The molecular formula is C18H17N3O3S. The molecule has 2 aromatic rings. The maximum atomic E-state index is 12.3. The first-order chi connectivity index (χ1) is 12.0. The summed E-state index contributed by atoms with van der Waals surface area (Å²) in [5.41, 5.74) is 1.80. The zero-order chi connectivity index (χ0) is 17.9.